The van der Waals surface area contributed by atoms with Crippen molar-refractivity contribution in [2.45, 2.75) is 39.0 Å². The van der Waals surface area contributed by atoms with Crippen molar-refractivity contribution < 1.29 is 4.74 Å². The predicted octanol–water partition coefficient (Wildman–Crippen LogP) is 3.08. The molecule has 3 nitrogen and oxygen atoms in total. The Morgan fingerprint density at radius 3 is 2.50 bits per heavy atom. The van der Waals surface area contributed by atoms with Gasteiger partial charge in [0.15, 0.2) is 0 Å². The van der Waals surface area contributed by atoms with Crippen molar-refractivity contribution in [2.75, 3.05) is 33.3 Å². The SMILES string of the molecule is CCN(CCCCCCN)CCc1ccccc1OC. The van der Waals surface area contributed by atoms with Gasteiger partial charge >= 0.3 is 0 Å². The summed E-state index contributed by atoms with van der Waals surface area (Å²) >= 11 is 0. The number of para-hydroxylation sites is 1. The van der Waals surface area contributed by atoms with Gasteiger partial charge in [-0.15, -0.1) is 0 Å². The third-order valence-electron chi connectivity index (χ3n) is 3.77. The van der Waals surface area contributed by atoms with Crippen LogP contribution in [0.2, 0.25) is 0 Å². The molecule has 0 aliphatic rings. The number of likely N-dealkylation sites (N-methyl/N-ethyl adjacent to an activating group) is 1. The van der Waals surface area contributed by atoms with Crippen LogP contribution < -0.4 is 10.5 Å². The van der Waals surface area contributed by atoms with E-state index < -0.39 is 0 Å². The molecule has 2 N–H and O–H groups in total. The summed E-state index contributed by atoms with van der Waals surface area (Å²) in [6.07, 6.45) is 6.05. The monoisotopic (exact) mass is 278 g/mol. The van der Waals surface area contributed by atoms with Crippen LogP contribution >= 0.6 is 0 Å². The fraction of sp³-hybridized carbons (Fsp3) is 0.647. The summed E-state index contributed by atoms with van der Waals surface area (Å²) in [5.41, 5.74) is 6.82. The molecule has 1 aromatic rings. The molecule has 1 rings (SSSR count). The number of hydrogen-bond acceptors (Lipinski definition) is 3. The maximum atomic E-state index is 5.51. The number of nitrogens with two attached hydrogens (primary N) is 1. The Labute approximate surface area is 124 Å². The fourth-order valence-corrected chi connectivity index (χ4v) is 2.45. The highest BCUT2D eigenvalue weighted by Crippen LogP contribution is 2.18. The molecule has 0 aliphatic carbocycles. The van der Waals surface area contributed by atoms with Crippen LogP contribution in [0.4, 0.5) is 0 Å². The highest BCUT2D eigenvalue weighted by molar-refractivity contribution is 5.33. The average molecular weight is 278 g/mol. The third-order valence-corrected chi connectivity index (χ3v) is 3.77. The fourth-order valence-electron chi connectivity index (χ4n) is 2.45. The van der Waals surface area contributed by atoms with Gasteiger partial charge in [-0.2, -0.15) is 0 Å². The third kappa shape index (κ3) is 6.40. The van der Waals surface area contributed by atoms with Crippen LogP contribution in [-0.4, -0.2) is 38.2 Å². The van der Waals surface area contributed by atoms with Crippen molar-refractivity contribution in [3.05, 3.63) is 29.8 Å². The van der Waals surface area contributed by atoms with E-state index in [2.05, 4.69) is 24.0 Å². The van der Waals surface area contributed by atoms with Gasteiger partial charge in [0.2, 0.25) is 0 Å². The van der Waals surface area contributed by atoms with E-state index in [-0.39, 0.29) is 0 Å². The molecule has 3 heteroatoms. The number of nitrogens with zero attached hydrogens (tertiary/aromatic N) is 1. The first-order valence-electron chi connectivity index (χ1n) is 7.86. The maximum Gasteiger partial charge on any atom is 0.122 e. The van der Waals surface area contributed by atoms with E-state index in [1.54, 1.807) is 7.11 Å². The van der Waals surface area contributed by atoms with Crippen molar-refractivity contribution in [1.82, 2.24) is 4.90 Å². The molecule has 0 aliphatic heterocycles. The molecule has 0 saturated carbocycles. The Morgan fingerprint density at radius 1 is 1.05 bits per heavy atom. The first-order valence-corrected chi connectivity index (χ1v) is 7.86. The molecule has 0 aromatic heterocycles. The first-order chi connectivity index (χ1) is 9.81. The van der Waals surface area contributed by atoms with Crippen LogP contribution in [0.3, 0.4) is 0 Å². The number of benzene rings is 1. The van der Waals surface area contributed by atoms with Gasteiger partial charge in [-0.25, -0.2) is 0 Å². The predicted molar refractivity (Wildman–Crippen MR) is 86.3 cm³/mol. The molecule has 114 valence electrons. The molecule has 0 radical (unpaired) electrons. The van der Waals surface area contributed by atoms with Gasteiger partial charge in [0.1, 0.15) is 5.75 Å². The smallest absolute Gasteiger partial charge is 0.122 e. The lowest BCUT2D eigenvalue weighted by atomic mass is 10.1. The lowest BCUT2D eigenvalue weighted by Crippen LogP contribution is -2.27. The minimum absolute atomic E-state index is 0.825. The normalized spacial score (nSPS) is 11.0. The van der Waals surface area contributed by atoms with E-state index in [0.717, 1.165) is 38.2 Å². The lowest BCUT2D eigenvalue weighted by molar-refractivity contribution is 0.282. The van der Waals surface area contributed by atoms with Gasteiger partial charge in [0.25, 0.3) is 0 Å². The van der Waals surface area contributed by atoms with Gasteiger partial charge < -0.3 is 15.4 Å². The topological polar surface area (TPSA) is 38.5 Å². The highest BCUT2D eigenvalue weighted by atomic mass is 16.5. The van der Waals surface area contributed by atoms with Crippen LogP contribution in [-0.2, 0) is 6.42 Å². The van der Waals surface area contributed by atoms with Crippen LogP contribution in [0, 0.1) is 0 Å². The first kappa shape index (κ1) is 17.0. The zero-order chi connectivity index (χ0) is 14.6. The molecule has 0 bridgehead atoms. The summed E-state index contributed by atoms with van der Waals surface area (Å²) in [4.78, 5) is 2.52. The van der Waals surface area contributed by atoms with Crippen molar-refractivity contribution in [3.63, 3.8) is 0 Å². The molecular formula is C17H30N2O. The Hall–Kier alpha value is -1.06. The zero-order valence-electron chi connectivity index (χ0n) is 13.1. The Balaban J connectivity index is 2.29. The molecule has 1 aromatic carbocycles. The molecule has 0 unspecified atom stereocenters. The molecule has 0 spiro atoms. The summed E-state index contributed by atoms with van der Waals surface area (Å²) in [6, 6.07) is 8.31. The zero-order valence-corrected chi connectivity index (χ0v) is 13.1. The van der Waals surface area contributed by atoms with Crippen LogP contribution in [0.5, 0.6) is 5.75 Å². The summed E-state index contributed by atoms with van der Waals surface area (Å²) in [6.45, 7) is 6.48. The number of ether oxygens (including phenoxy) is 1. The van der Waals surface area contributed by atoms with Gasteiger partial charge in [-0.3, -0.25) is 0 Å². The highest BCUT2D eigenvalue weighted by Gasteiger charge is 2.06. The van der Waals surface area contributed by atoms with Crippen LogP contribution in [0.1, 0.15) is 38.2 Å². The second kappa shape index (κ2) is 10.7. The molecule has 0 saturated heterocycles. The van der Waals surface area contributed by atoms with E-state index in [1.807, 2.05) is 12.1 Å². The van der Waals surface area contributed by atoms with Gasteiger partial charge in [-0.1, -0.05) is 38.0 Å². The number of methoxy groups -OCH3 is 1. The molecule has 0 amide bonds. The molecule has 0 fully saturated rings. The molecule has 0 atom stereocenters. The lowest BCUT2D eigenvalue weighted by Gasteiger charge is -2.20. The van der Waals surface area contributed by atoms with E-state index in [4.69, 9.17) is 10.5 Å². The number of rotatable bonds is 11. The molecule has 0 heterocycles. The average Bonchev–Trinajstić information content (AvgIpc) is 2.50. The van der Waals surface area contributed by atoms with E-state index in [1.165, 1.54) is 31.4 Å². The van der Waals surface area contributed by atoms with E-state index in [0.29, 0.717) is 0 Å². The quantitative estimate of drug-likeness (QED) is 0.632. The molecular weight excluding hydrogens is 248 g/mol. The van der Waals surface area contributed by atoms with Crippen LogP contribution in [0.25, 0.3) is 0 Å². The van der Waals surface area contributed by atoms with Crippen molar-refractivity contribution in [2.24, 2.45) is 5.73 Å². The van der Waals surface area contributed by atoms with Crippen molar-refractivity contribution >= 4 is 0 Å². The van der Waals surface area contributed by atoms with Gasteiger partial charge in [0, 0.05) is 6.54 Å². The standard InChI is InChI=1S/C17H30N2O/c1-3-19(14-9-5-4-8-13-18)15-12-16-10-6-7-11-17(16)20-2/h6-7,10-11H,3-5,8-9,12-15,18H2,1-2H3. The van der Waals surface area contributed by atoms with E-state index >= 15 is 0 Å². The van der Waals surface area contributed by atoms with Gasteiger partial charge in [0.05, 0.1) is 7.11 Å². The summed E-state index contributed by atoms with van der Waals surface area (Å²) < 4.78 is 5.41. The maximum absolute atomic E-state index is 5.51. The summed E-state index contributed by atoms with van der Waals surface area (Å²) in [5.74, 6) is 1.01. The minimum atomic E-state index is 0.825. The Kier molecular flexibility index (Phi) is 9.09. The second-order valence-electron chi connectivity index (χ2n) is 5.20. The summed E-state index contributed by atoms with van der Waals surface area (Å²) in [7, 11) is 1.74. The van der Waals surface area contributed by atoms with Crippen molar-refractivity contribution in [3.8, 4) is 5.75 Å². The largest absolute Gasteiger partial charge is 0.496 e. The number of unbranched alkanes of at least 4 members (excludes halogenated alkanes) is 3. The number of hydrogen-bond donors (Lipinski definition) is 1. The van der Waals surface area contributed by atoms with E-state index in [9.17, 15) is 0 Å². The Morgan fingerprint density at radius 2 is 1.80 bits per heavy atom. The van der Waals surface area contributed by atoms with Gasteiger partial charge in [-0.05, 0) is 50.5 Å². The van der Waals surface area contributed by atoms with Crippen LogP contribution in [0.15, 0.2) is 24.3 Å². The minimum Gasteiger partial charge on any atom is -0.496 e. The molecule has 20 heavy (non-hydrogen) atoms. The second-order valence-corrected chi connectivity index (χ2v) is 5.20. The van der Waals surface area contributed by atoms with Crippen molar-refractivity contribution in [1.29, 1.82) is 0 Å². The Bertz CT molecular complexity index is 355. The summed E-state index contributed by atoms with van der Waals surface area (Å²) in [5, 5.41) is 0.